The summed E-state index contributed by atoms with van der Waals surface area (Å²) in [7, 11) is 1.91. The lowest BCUT2D eigenvalue weighted by Crippen LogP contribution is -2.15. The molecule has 78 valence electrons. The zero-order valence-electron chi connectivity index (χ0n) is 9.26. The SMILES string of the molecule is CNC(C)c1ccc(F)cc1C(C)C. The highest BCUT2D eigenvalue weighted by atomic mass is 19.1. The number of hydrogen-bond acceptors (Lipinski definition) is 1. The molecule has 0 saturated carbocycles. The van der Waals surface area contributed by atoms with Crippen LogP contribution in [-0.4, -0.2) is 7.05 Å². The van der Waals surface area contributed by atoms with Crippen LogP contribution in [0.25, 0.3) is 0 Å². The van der Waals surface area contributed by atoms with Crippen LogP contribution in [0.1, 0.15) is 43.9 Å². The van der Waals surface area contributed by atoms with Crippen molar-refractivity contribution in [3.63, 3.8) is 0 Å². The molecule has 0 heterocycles. The average molecular weight is 195 g/mol. The van der Waals surface area contributed by atoms with Gasteiger partial charge < -0.3 is 5.32 Å². The number of nitrogens with one attached hydrogen (secondary N) is 1. The van der Waals surface area contributed by atoms with Crippen LogP contribution in [0.15, 0.2) is 18.2 Å². The molecule has 0 amide bonds. The first kappa shape index (κ1) is 11.2. The molecule has 14 heavy (non-hydrogen) atoms. The Kier molecular flexibility index (Phi) is 3.64. The average Bonchev–Trinajstić information content (AvgIpc) is 2.16. The Morgan fingerprint density at radius 2 is 1.79 bits per heavy atom. The molecule has 0 aliphatic carbocycles. The molecule has 2 heteroatoms. The van der Waals surface area contributed by atoms with Crippen molar-refractivity contribution in [1.82, 2.24) is 5.32 Å². The van der Waals surface area contributed by atoms with Crippen LogP contribution in [0.3, 0.4) is 0 Å². The molecule has 1 unspecified atom stereocenters. The Bertz CT molecular complexity index is 307. The zero-order valence-corrected chi connectivity index (χ0v) is 9.26. The van der Waals surface area contributed by atoms with Gasteiger partial charge in [-0.1, -0.05) is 19.9 Å². The van der Waals surface area contributed by atoms with Gasteiger partial charge in [0.2, 0.25) is 0 Å². The van der Waals surface area contributed by atoms with Crippen LogP contribution in [0.2, 0.25) is 0 Å². The first-order chi connectivity index (χ1) is 6.56. The van der Waals surface area contributed by atoms with Gasteiger partial charge in [0.1, 0.15) is 5.82 Å². The largest absolute Gasteiger partial charge is 0.313 e. The standard InChI is InChI=1S/C12H18FN/c1-8(2)12-7-10(13)5-6-11(12)9(3)14-4/h5-9,14H,1-4H3. The third kappa shape index (κ3) is 2.32. The third-order valence-corrected chi connectivity index (χ3v) is 2.57. The second-order valence-electron chi connectivity index (χ2n) is 3.94. The fraction of sp³-hybridized carbons (Fsp3) is 0.500. The lowest BCUT2D eigenvalue weighted by molar-refractivity contribution is 0.606. The molecule has 0 saturated heterocycles. The molecule has 0 aromatic heterocycles. The Hall–Kier alpha value is -0.890. The van der Waals surface area contributed by atoms with E-state index in [9.17, 15) is 4.39 Å². The minimum atomic E-state index is -0.152. The predicted octanol–water partition coefficient (Wildman–Crippen LogP) is 3.23. The quantitative estimate of drug-likeness (QED) is 0.780. The molecule has 0 aliphatic rings. The van der Waals surface area contributed by atoms with E-state index in [1.807, 2.05) is 13.1 Å². The molecule has 0 spiro atoms. The number of benzene rings is 1. The molecule has 0 bridgehead atoms. The van der Waals surface area contributed by atoms with Crippen molar-refractivity contribution in [3.8, 4) is 0 Å². The number of halogens is 1. The second-order valence-corrected chi connectivity index (χ2v) is 3.94. The smallest absolute Gasteiger partial charge is 0.123 e. The highest BCUT2D eigenvalue weighted by Crippen LogP contribution is 2.25. The maximum atomic E-state index is 13.1. The van der Waals surface area contributed by atoms with Crippen LogP contribution >= 0.6 is 0 Å². The van der Waals surface area contributed by atoms with Gasteiger partial charge in [0.15, 0.2) is 0 Å². The molecule has 0 aliphatic heterocycles. The van der Waals surface area contributed by atoms with E-state index in [0.717, 1.165) is 5.56 Å². The van der Waals surface area contributed by atoms with Crippen LogP contribution in [0, 0.1) is 5.82 Å². The lowest BCUT2D eigenvalue weighted by atomic mass is 9.93. The van der Waals surface area contributed by atoms with Gasteiger partial charge in [0.25, 0.3) is 0 Å². The maximum absolute atomic E-state index is 13.1. The minimum Gasteiger partial charge on any atom is -0.313 e. The molecule has 0 radical (unpaired) electrons. The number of rotatable bonds is 3. The summed E-state index contributed by atoms with van der Waals surface area (Å²) in [6.07, 6.45) is 0. The van der Waals surface area contributed by atoms with Crippen LogP contribution in [0.4, 0.5) is 4.39 Å². The summed E-state index contributed by atoms with van der Waals surface area (Å²) in [6.45, 7) is 6.25. The highest BCUT2D eigenvalue weighted by Gasteiger charge is 2.12. The Balaban J connectivity index is 3.14. The third-order valence-electron chi connectivity index (χ3n) is 2.57. The second kappa shape index (κ2) is 4.56. The van der Waals surface area contributed by atoms with Crippen LogP contribution in [0.5, 0.6) is 0 Å². The van der Waals surface area contributed by atoms with Gasteiger partial charge in [-0.25, -0.2) is 4.39 Å². The van der Waals surface area contributed by atoms with E-state index in [1.165, 1.54) is 11.6 Å². The zero-order chi connectivity index (χ0) is 10.7. The Morgan fingerprint density at radius 3 is 2.29 bits per heavy atom. The molecule has 1 rings (SSSR count). The van der Waals surface area contributed by atoms with Gasteiger partial charge >= 0.3 is 0 Å². The fourth-order valence-electron chi connectivity index (χ4n) is 1.60. The van der Waals surface area contributed by atoms with E-state index in [2.05, 4.69) is 26.1 Å². The summed E-state index contributed by atoms with van der Waals surface area (Å²) in [5.74, 6) is 0.206. The van der Waals surface area contributed by atoms with Crippen LogP contribution < -0.4 is 5.32 Å². The van der Waals surface area contributed by atoms with Crippen molar-refractivity contribution in [2.75, 3.05) is 7.05 Å². The lowest BCUT2D eigenvalue weighted by Gasteiger charge is -2.18. The fourth-order valence-corrected chi connectivity index (χ4v) is 1.60. The van der Waals surface area contributed by atoms with Crippen molar-refractivity contribution in [2.45, 2.75) is 32.7 Å². The van der Waals surface area contributed by atoms with E-state index in [0.29, 0.717) is 5.92 Å². The van der Waals surface area contributed by atoms with Gasteiger partial charge in [-0.05, 0) is 43.1 Å². The summed E-state index contributed by atoms with van der Waals surface area (Å²) >= 11 is 0. The molecule has 0 fully saturated rings. The van der Waals surface area contributed by atoms with E-state index in [-0.39, 0.29) is 11.9 Å². The van der Waals surface area contributed by atoms with Gasteiger partial charge in [-0.15, -0.1) is 0 Å². The van der Waals surface area contributed by atoms with Crippen molar-refractivity contribution < 1.29 is 4.39 Å². The van der Waals surface area contributed by atoms with E-state index < -0.39 is 0 Å². The normalized spacial score (nSPS) is 13.3. The molecular formula is C12H18FN. The molecule has 1 atom stereocenters. The van der Waals surface area contributed by atoms with E-state index in [1.54, 1.807) is 6.07 Å². The first-order valence-electron chi connectivity index (χ1n) is 5.03. The van der Waals surface area contributed by atoms with Gasteiger partial charge in [0.05, 0.1) is 0 Å². The summed E-state index contributed by atoms with van der Waals surface area (Å²) < 4.78 is 13.1. The van der Waals surface area contributed by atoms with E-state index in [4.69, 9.17) is 0 Å². The van der Waals surface area contributed by atoms with Gasteiger partial charge in [-0.2, -0.15) is 0 Å². The molecule has 1 N–H and O–H groups in total. The summed E-state index contributed by atoms with van der Waals surface area (Å²) in [6, 6.07) is 5.29. The van der Waals surface area contributed by atoms with E-state index >= 15 is 0 Å². The predicted molar refractivity (Wildman–Crippen MR) is 58.0 cm³/mol. The molecule has 1 nitrogen and oxygen atoms in total. The Morgan fingerprint density at radius 1 is 1.14 bits per heavy atom. The minimum absolute atomic E-state index is 0.152. The van der Waals surface area contributed by atoms with Gasteiger partial charge in [-0.3, -0.25) is 0 Å². The van der Waals surface area contributed by atoms with Crippen molar-refractivity contribution in [3.05, 3.63) is 35.1 Å². The first-order valence-corrected chi connectivity index (χ1v) is 5.03. The summed E-state index contributed by atoms with van der Waals surface area (Å²) in [5, 5.41) is 3.17. The maximum Gasteiger partial charge on any atom is 0.123 e. The van der Waals surface area contributed by atoms with Gasteiger partial charge in [0, 0.05) is 6.04 Å². The van der Waals surface area contributed by atoms with Crippen molar-refractivity contribution in [1.29, 1.82) is 0 Å². The van der Waals surface area contributed by atoms with Crippen LogP contribution in [-0.2, 0) is 0 Å². The van der Waals surface area contributed by atoms with Crippen molar-refractivity contribution in [2.24, 2.45) is 0 Å². The molecule has 1 aromatic rings. The highest BCUT2D eigenvalue weighted by molar-refractivity contribution is 5.32. The monoisotopic (exact) mass is 195 g/mol. The van der Waals surface area contributed by atoms with Crippen molar-refractivity contribution >= 4 is 0 Å². The molecule has 1 aromatic carbocycles. The summed E-state index contributed by atoms with van der Waals surface area (Å²) in [5.41, 5.74) is 2.27. The Labute approximate surface area is 85.3 Å². The molecular weight excluding hydrogens is 177 g/mol. The number of hydrogen-bond donors (Lipinski definition) is 1. The summed E-state index contributed by atoms with van der Waals surface area (Å²) in [4.78, 5) is 0. The topological polar surface area (TPSA) is 12.0 Å².